The second kappa shape index (κ2) is 7.47. The van der Waals surface area contributed by atoms with E-state index in [-0.39, 0.29) is 0 Å². The number of hydrogen-bond acceptors (Lipinski definition) is 4. The minimum Gasteiger partial charge on any atom is -0.379 e. The second-order valence-corrected chi connectivity index (χ2v) is 6.85. The zero-order valence-corrected chi connectivity index (χ0v) is 14.0. The molecule has 3 atom stereocenters. The van der Waals surface area contributed by atoms with Crippen LogP contribution >= 0.6 is 0 Å². The van der Waals surface area contributed by atoms with Gasteiger partial charge in [0.25, 0.3) is 0 Å². The molecule has 2 N–H and O–H groups in total. The van der Waals surface area contributed by atoms with Crippen LogP contribution in [0.4, 0.5) is 0 Å². The molecule has 0 bridgehead atoms. The number of nitrogens with zero attached hydrogens (tertiary/aromatic N) is 2. The molecule has 0 radical (unpaired) electrons. The lowest BCUT2D eigenvalue weighted by molar-refractivity contribution is 0.0524. The van der Waals surface area contributed by atoms with Crippen molar-refractivity contribution in [2.45, 2.75) is 37.9 Å². The van der Waals surface area contributed by atoms with Crippen LogP contribution < -0.4 is 10.6 Å². The third-order valence-corrected chi connectivity index (χ3v) is 5.26. The summed E-state index contributed by atoms with van der Waals surface area (Å²) >= 11 is 0. The second-order valence-electron chi connectivity index (χ2n) is 6.85. The molecular weight excluding hydrogens is 300 g/mol. The van der Waals surface area contributed by atoms with Gasteiger partial charge in [0.1, 0.15) is 0 Å². The minimum absolute atomic E-state index is 0.505. The van der Waals surface area contributed by atoms with Crippen molar-refractivity contribution in [1.82, 2.24) is 20.4 Å². The first-order chi connectivity index (χ1) is 11.9. The van der Waals surface area contributed by atoms with Crippen molar-refractivity contribution < 1.29 is 4.74 Å². The van der Waals surface area contributed by atoms with Crippen LogP contribution in [0.2, 0.25) is 0 Å². The summed E-state index contributed by atoms with van der Waals surface area (Å²) in [5, 5.41) is 11.9. The van der Waals surface area contributed by atoms with Crippen molar-refractivity contribution in [3.05, 3.63) is 48.3 Å². The Morgan fingerprint density at radius 2 is 2.17 bits per heavy atom. The molecule has 1 aromatic carbocycles. The van der Waals surface area contributed by atoms with E-state index < -0.39 is 0 Å². The van der Waals surface area contributed by atoms with Crippen LogP contribution in [0.5, 0.6) is 0 Å². The molecule has 2 fully saturated rings. The Kier molecular flexibility index (Phi) is 4.92. The Bertz CT molecular complexity index is 636. The molecule has 5 heteroatoms. The average Bonchev–Trinajstić information content (AvgIpc) is 3.31. The molecule has 1 aliphatic carbocycles. The van der Waals surface area contributed by atoms with Gasteiger partial charge in [0.2, 0.25) is 0 Å². The Hall–Kier alpha value is -1.69. The number of morpholine rings is 1. The molecule has 0 amide bonds. The maximum Gasteiger partial charge on any atom is 0.0645 e. The van der Waals surface area contributed by atoms with Crippen LogP contribution in [0.1, 0.15) is 24.8 Å². The van der Waals surface area contributed by atoms with E-state index in [2.05, 4.69) is 34.1 Å². The summed E-state index contributed by atoms with van der Waals surface area (Å²) in [5.41, 5.74) is 2.34. The van der Waals surface area contributed by atoms with E-state index in [1.807, 2.05) is 29.1 Å². The number of ether oxygens (including phenoxy) is 1. The fourth-order valence-corrected chi connectivity index (χ4v) is 4.01. The van der Waals surface area contributed by atoms with Crippen LogP contribution in [0.15, 0.2) is 42.7 Å². The molecule has 4 rings (SSSR count). The van der Waals surface area contributed by atoms with Gasteiger partial charge in [-0.15, -0.1) is 0 Å². The van der Waals surface area contributed by atoms with Crippen LogP contribution in [0.3, 0.4) is 0 Å². The Morgan fingerprint density at radius 1 is 1.25 bits per heavy atom. The molecule has 3 unspecified atom stereocenters. The maximum absolute atomic E-state index is 5.65. The van der Waals surface area contributed by atoms with Crippen LogP contribution in [-0.2, 0) is 11.3 Å². The largest absolute Gasteiger partial charge is 0.379 e. The van der Waals surface area contributed by atoms with E-state index in [1.54, 1.807) is 0 Å². The first kappa shape index (κ1) is 15.8. The highest BCUT2D eigenvalue weighted by Crippen LogP contribution is 2.29. The van der Waals surface area contributed by atoms with Crippen molar-refractivity contribution in [3.8, 4) is 5.69 Å². The molecule has 2 aliphatic rings. The molecule has 1 saturated heterocycles. The van der Waals surface area contributed by atoms with E-state index in [0.717, 1.165) is 32.0 Å². The van der Waals surface area contributed by atoms with Gasteiger partial charge in [0.15, 0.2) is 0 Å². The van der Waals surface area contributed by atoms with Gasteiger partial charge in [0, 0.05) is 36.9 Å². The van der Waals surface area contributed by atoms with Gasteiger partial charge in [-0.05, 0) is 30.9 Å². The highest BCUT2D eigenvalue weighted by Gasteiger charge is 2.34. The highest BCUT2D eigenvalue weighted by atomic mass is 16.5. The van der Waals surface area contributed by atoms with E-state index >= 15 is 0 Å². The van der Waals surface area contributed by atoms with Crippen molar-refractivity contribution in [2.75, 3.05) is 19.8 Å². The van der Waals surface area contributed by atoms with E-state index in [1.165, 1.54) is 24.8 Å². The fourth-order valence-electron chi connectivity index (χ4n) is 4.01. The molecule has 2 heterocycles. The summed E-state index contributed by atoms with van der Waals surface area (Å²) in [6.45, 7) is 3.56. The summed E-state index contributed by atoms with van der Waals surface area (Å²) < 4.78 is 7.60. The van der Waals surface area contributed by atoms with Crippen LogP contribution in [0.25, 0.3) is 5.69 Å². The number of hydrogen-bond donors (Lipinski definition) is 2. The summed E-state index contributed by atoms with van der Waals surface area (Å²) in [5.74, 6) is 0.675. The third kappa shape index (κ3) is 3.53. The first-order valence-corrected chi connectivity index (χ1v) is 9.03. The predicted molar refractivity (Wildman–Crippen MR) is 94.1 cm³/mol. The van der Waals surface area contributed by atoms with Crippen molar-refractivity contribution in [3.63, 3.8) is 0 Å². The summed E-state index contributed by atoms with van der Waals surface area (Å²) in [7, 11) is 0. The zero-order chi connectivity index (χ0) is 16.2. The van der Waals surface area contributed by atoms with Gasteiger partial charge < -0.3 is 15.4 Å². The van der Waals surface area contributed by atoms with Crippen LogP contribution in [0, 0.1) is 5.92 Å². The van der Waals surface area contributed by atoms with Crippen molar-refractivity contribution >= 4 is 0 Å². The normalized spacial score (nSPS) is 27.4. The van der Waals surface area contributed by atoms with Crippen LogP contribution in [-0.4, -0.2) is 41.6 Å². The summed E-state index contributed by atoms with van der Waals surface area (Å²) in [4.78, 5) is 0. The van der Waals surface area contributed by atoms with Gasteiger partial charge in [-0.2, -0.15) is 5.10 Å². The Balaban J connectivity index is 1.35. The van der Waals surface area contributed by atoms with Crippen molar-refractivity contribution in [2.24, 2.45) is 5.92 Å². The molecule has 24 heavy (non-hydrogen) atoms. The predicted octanol–water partition coefficient (Wildman–Crippen LogP) is 2.12. The summed E-state index contributed by atoms with van der Waals surface area (Å²) in [6, 6.07) is 11.3. The lowest BCUT2D eigenvalue weighted by Crippen LogP contribution is -2.50. The lowest BCUT2D eigenvalue weighted by atomic mass is 9.94. The molecule has 0 spiro atoms. The van der Waals surface area contributed by atoms with Gasteiger partial charge >= 0.3 is 0 Å². The zero-order valence-electron chi connectivity index (χ0n) is 14.0. The SMILES string of the molecule is c1ccc(-n2cc(CNC3CCCC3C3COCCN3)cn2)cc1. The summed E-state index contributed by atoms with van der Waals surface area (Å²) in [6.07, 6.45) is 7.95. The molecular formula is C19H26N4O. The number of aromatic nitrogens is 2. The average molecular weight is 326 g/mol. The molecule has 128 valence electrons. The number of para-hydroxylation sites is 1. The van der Waals surface area contributed by atoms with Gasteiger partial charge in [-0.1, -0.05) is 24.6 Å². The smallest absolute Gasteiger partial charge is 0.0645 e. The Labute approximate surface area is 143 Å². The molecule has 2 aromatic rings. The van der Waals surface area contributed by atoms with Gasteiger partial charge in [-0.25, -0.2) is 4.68 Å². The number of nitrogens with one attached hydrogen (secondary N) is 2. The Morgan fingerprint density at radius 3 is 3.00 bits per heavy atom. The minimum atomic E-state index is 0.505. The standard InChI is InChI=1S/C19H26N4O/c1-2-5-16(6-3-1)23-13-15(12-22-23)11-21-18-8-4-7-17(18)19-14-24-10-9-20-19/h1-3,5-6,12-13,17-21H,4,7-11,14H2. The topological polar surface area (TPSA) is 51.1 Å². The lowest BCUT2D eigenvalue weighted by Gasteiger charge is -2.33. The van der Waals surface area contributed by atoms with Gasteiger partial charge in [0.05, 0.1) is 25.1 Å². The maximum atomic E-state index is 5.65. The quantitative estimate of drug-likeness (QED) is 0.884. The van der Waals surface area contributed by atoms with Crippen molar-refractivity contribution in [1.29, 1.82) is 0 Å². The third-order valence-electron chi connectivity index (χ3n) is 5.26. The molecule has 1 aromatic heterocycles. The first-order valence-electron chi connectivity index (χ1n) is 9.03. The molecule has 1 aliphatic heterocycles. The van der Waals surface area contributed by atoms with E-state index in [9.17, 15) is 0 Å². The molecule has 1 saturated carbocycles. The fraction of sp³-hybridized carbons (Fsp3) is 0.526. The molecule has 5 nitrogen and oxygen atoms in total. The van der Waals surface area contributed by atoms with Gasteiger partial charge in [-0.3, -0.25) is 0 Å². The van der Waals surface area contributed by atoms with E-state index in [4.69, 9.17) is 4.74 Å². The number of rotatable bonds is 5. The van der Waals surface area contributed by atoms with E-state index in [0.29, 0.717) is 18.0 Å². The number of benzene rings is 1. The monoisotopic (exact) mass is 326 g/mol. The highest BCUT2D eigenvalue weighted by molar-refractivity contribution is 5.30.